The van der Waals surface area contributed by atoms with E-state index in [0.717, 1.165) is 0 Å². The minimum atomic E-state index is -0.889. The van der Waals surface area contributed by atoms with Crippen LogP contribution in [-0.2, 0) is 14.3 Å². The van der Waals surface area contributed by atoms with Crippen LogP contribution in [0.25, 0.3) is 0 Å². The summed E-state index contributed by atoms with van der Waals surface area (Å²) in [4.78, 5) is 24.3. The molecule has 0 aliphatic carbocycles. The summed E-state index contributed by atoms with van der Waals surface area (Å²) in [6, 6.07) is 14.7. The number of methoxy groups -OCH3 is 1. The molecule has 0 spiro atoms. The van der Waals surface area contributed by atoms with Crippen molar-refractivity contribution in [2.24, 2.45) is 0 Å². The number of nitrogens with one attached hydrogen (secondary N) is 1. The monoisotopic (exact) mass is 347 g/mol. The largest absolute Gasteiger partial charge is 0.481 e. The van der Waals surface area contributed by atoms with Gasteiger partial charge in [0.15, 0.2) is 12.1 Å². The van der Waals surface area contributed by atoms with E-state index >= 15 is 0 Å². The first-order valence-electron chi connectivity index (χ1n) is 7.36. The van der Waals surface area contributed by atoms with Gasteiger partial charge in [-0.25, -0.2) is 4.79 Å². The van der Waals surface area contributed by atoms with Crippen molar-refractivity contribution in [3.63, 3.8) is 0 Å². The molecule has 24 heavy (non-hydrogen) atoms. The maximum atomic E-state index is 12.3. The van der Waals surface area contributed by atoms with Crippen LogP contribution < -0.4 is 10.1 Å². The van der Waals surface area contributed by atoms with Gasteiger partial charge in [-0.3, -0.25) is 4.79 Å². The van der Waals surface area contributed by atoms with E-state index in [2.05, 4.69) is 5.32 Å². The number of amides is 1. The standard InChI is InChI=1S/C18H18ClNO4/c1-12(24-15-10-8-14(19)9-11-15)17(21)20-16(18(22)23-2)13-6-4-3-5-7-13/h3-12,16H,1-2H3,(H,20,21). The molecule has 1 amide bonds. The van der Waals surface area contributed by atoms with Crippen LogP contribution in [0.4, 0.5) is 0 Å². The van der Waals surface area contributed by atoms with Gasteiger partial charge in [-0.1, -0.05) is 41.9 Å². The molecular weight excluding hydrogens is 330 g/mol. The Morgan fingerprint density at radius 3 is 2.25 bits per heavy atom. The molecule has 5 nitrogen and oxygen atoms in total. The molecule has 0 bridgehead atoms. The summed E-state index contributed by atoms with van der Waals surface area (Å²) >= 11 is 5.81. The molecule has 2 aromatic rings. The molecule has 0 aliphatic heterocycles. The van der Waals surface area contributed by atoms with Crippen LogP contribution >= 0.6 is 11.6 Å². The molecule has 0 saturated heterocycles. The van der Waals surface area contributed by atoms with Crippen LogP contribution in [0.15, 0.2) is 54.6 Å². The predicted octanol–water partition coefficient (Wildman–Crippen LogP) is 3.14. The number of ether oxygens (including phenoxy) is 2. The minimum Gasteiger partial charge on any atom is -0.481 e. The molecular formula is C18H18ClNO4. The van der Waals surface area contributed by atoms with Gasteiger partial charge in [0.25, 0.3) is 5.91 Å². The van der Waals surface area contributed by atoms with Gasteiger partial charge in [0.2, 0.25) is 0 Å². The quantitative estimate of drug-likeness (QED) is 0.815. The number of hydrogen-bond acceptors (Lipinski definition) is 4. The average Bonchev–Trinajstić information content (AvgIpc) is 2.61. The van der Waals surface area contributed by atoms with Gasteiger partial charge in [0, 0.05) is 5.02 Å². The van der Waals surface area contributed by atoms with Gasteiger partial charge in [-0.15, -0.1) is 0 Å². The van der Waals surface area contributed by atoms with Crippen LogP contribution in [0.2, 0.25) is 5.02 Å². The lowest BCUT2D eigenvalue weighted by Gasteiger charge is -2.20. The number of carbonyl (C=O) groups excluding carboxylic acids is 2. The molecule has 0 saturated carbocycles. The fourth-order valence-electron chi connectivity index (χ4n) is 2.07. The fourth-order valence-corrected chi connectivity index (χ4v) is 2.20. The normalized spacial score (nSPS) is 12.8. The topological polar surface area (TPSA) is 64.6 Å². The Bertz CT molecular complexity index is 688. The zero-order valence-corrected chi connectivity index (χ0v) is 14.1. The summed E-state index contributed by atoms with van der Waals surface area (Å²) in [5, 5.41) is 3.23. The first kappa shape index (κ1) is 17.8. The number of halogens is 1. The van der Waals surface area contributed by atoms with E-state index < -0.39 is 24.0 Å². The van der Waals surface area contributed by atoms with Gasteiger partial charge in [-0.2, -0.15) is 0 Å². The molecule has 6 heteroatoms. The Hall–Kier alpha value is -2.53. The second-order valence-corrected chi connectivity index (χ2v) is 5.53. The van der Waals surface area contributed by atoms with Crippen LogP contribution in [0.3, 0.4) is 0 Å². The number of esters is 1. The van der Waals surface area contributed by atoms with Crippen molar-refractivity contribution in [3.8, 4) is 5.75 Å². The summed E-state index contributed by atoms with van der Waals surface area (Å²) in [5.74, 6) is -0.464. The highest BCUT2D eigenvalue weighted by molar-refractivity contribution is 6.30. The van der Waals surface area contributed by atoms with E-state index in [-0.39, 0.29) is 0 Å². The van der Waals surface area contributed by atoms with Gasteiger partial charge >= 0.3 is 5.97 Å². The fraction of sp³-hybridized carbons (Fsp3) is 0.222. The van der Waals surface area contributed by atoms with E-state index in [4.69, 9.17) is 21.1 Å². The highest BCUT2D eigenvalue weighted by atomic mass is 35.5. The molecule has 2 unspecified atom stereocenters. The molecule has 0 aromatic heterocycles. The van der Waals surface area contributed by atoms with Crippen molar-refractivity contribution in [1.29, 1.82) is 0 Å². The number of rotatable bonds is 6. The number of hydrogen-bond donors (Lipinski definition) is 1. The van der Waals surface area contributed by atoms with E-state index in [0.29, 0.717) is 16.3 Å². The Balaban J connectivity index is 2.06. The maximum absolute atomic E-state index is 12.3. The Morgan fingerprint density at radius 2 is 1.67 bits per heavy atom. The lowest BCUT2D eigenvalue weighted by atomic mass is 10.1. The highest BCUT2D eigenvalue weighted by Crippen LogP contribution is 2.18. The van der Waals surface area contributed by atoms with Crippen LogP contribution in [0.5, 0.6) is 5.75 Å². The molecule has 0 fully saturated rings. The van der Waals surface area contributed by atoms with Gasteiger partial charge < -0.3 is 14.8 Å². The van der Waals surface area contributed by atoms with Crippen molar-refractivity contribution in [1.82, 2.24) is 5.32 Å². The smallest absolute Gasteiger partial charge is 0.333 e. The molecule has 0 heterocycles. The van der Waals surface area contributed by atoms with E-state index in [9.17, 15) is 9.59 Å². The SMILES string of the molecule is COC(=O)C(NC(=O)C(C)Oc1ccc(Cl)cc1)c1ccccc1. The lowest BCUT2D eigenvalue weighted by Crippen LogP contribution is -2.41. The third kappa shape index (κ3) is 4.73. The summed E-state index contributed by atoms with van der Waals surface area (Å²) in [6.07, 6.45) is -0.790. The summed E-state index contributed by atoms with van der Waals surface area (Å²) < 4.78 is 10.3. The molecule has 1 N–H and O–H groups in total. The van der Waals surface area contributed by atoms with Crippen LogP contribution in [-0.4, -0.2) is 25.1 Å². The maximum Gasteiger partial charge on any atom is 0.333 e. The molecule has 0 radical (unpaired) electrons. The molecule has 2 atom stereocenters. The van der Waals surface area contributed by atoms with Crippen LogP contribution in [0.1, 0.15) is 18.5 Å². The Morgan fingerprint density at radius 1 is 1.04 bits per heavy atom. The van der Waals surface area contributed by atoms with E-state index in [1.165, 1.54) is 7.11 Å². The lowest BCUT2D eigenvalue weighted by molar-refractivity contribution is -0.146. The second-order valence-electron chi connectivity index (χ2n) is 5.09. The van der Waals surface area contributed by atoms with Crippen molar-refractivity contribution in [3.05, 3.63) is 65.2 Å². The van der Waals surface area contributed by atoms with Crippen molar-refractivity contribution in [2.45, 2.75) is 19.1 Å². The minimum absolute atomic E-state index is 0.427. The first-order chi connectivity index (χ1) is 11.5. The third-order valence-electron chi connectivity index (χ3n) is 3.35. The van der Waals surface area contributed by atoms with E-state index in [1.54, 1.807) is 55.5 Å². The van der Waals surface area contributed by atoms with Crippen LogP contribution in [0, 0.1) is 0 Å². The highest BCUT2D eigenvalue weighted by Gasteiger charge is 2.26. The average molecular weight is 348 g/mol. The number of benzene rings is 2. The molecule has 2 aromatic carbocycles. The second kappa shape index (κ2) is 8.36. The Kier molecular flexibility index (Phi) is 6.21. The summed E-state index contributed by atoms with van der Waals surface area (Å²) in [7, 11) is 1.28. The molecule has 126 valence electrons. The zero-order chi connectivity index (χ0) is 17.5. The van der Waals surface area contributed by atoms with Crippen molar-refractivity contribution in [2.75, 3.05) is 7.11 Å². The van der Waals surface area contributed by atoms with Gasteiger partial charge in [-0.05, 0) is 36.8 Å². The van der Waals surface area contributed by atoms with E-state index in [1.807, 2.05) is 6.07 Å². The molecule has 2 rings (SSSR count). The van der Waals surface area contributed by atoms with Crippen molar-refractivity contribution < 1.29 is 19.1 Å². The summed E-state index contributed by atoms with van der Waals surface area (Å²) in [5.41, 5.74) is 0.636. The first-order valence-corrected chi connectivity index (χ1v) is 7.74. The number of carbonyl (C=O) groups is 2. The predicted molar refractivity (Wildman–Crippen MR) is 90.9 cm³/mol. The van der Waals surface area contributed by atoms with Gasteiger partial charge in [0.05, 0.1) is 7.11 Å². The third-order valence-corrected chi connectivity index (χ3v) is 3.60. The van der Waals surface area contributed by atoms with Gasteiger partial charge in [0.1, 0.15) is 5.75 Å². The van der Waals surface area contributed by atoms with Crippen molar-refractivity contribution >= 4 is 23.5 Å². The summed E-state index contributed by atoms with van der Waals surface area (Å²) in [6.45, 7) is 1.60. The Labute approximate surface area is 145 Å². The zero-order valence-electron chi connectivity index (χ0n) is 13.4. The molecule has 0 aliphatic rings.